The first-order chi connectivity index (χ1) is 12.4. The zero-order valence-electron chi connectivity index (χ0n) is 15.6. The third kappa shape index (κ3) is 5.88. The normalized spacial score (nSPS) is 12.0. The third-order valence-corrected chi connectivity index (χ3v) is 5.36. The third-order valence-electron chi connectivity index (χ3n) is 4.23. The predicted molar refractivity (Wildman–Crippen MR) is 107 cm³/mol. The van der Waals surface area contributed by atoms with E-state index in [1.807, 2.05) is 18.2 Å². The van der Waals surface area contributed by atoms with Crippen molar-refractivity contribution in [3.05, 3.63) is 65.2 Å². The van der Waals surface area contributed by atoms with Crippen LogP contribution in [0.2, 0.25) is 0 Å². The summed E-state index contributed by atoms with van der Waals surface area (Å²) in [7, 11) is -1.39. The van der Waals surface area contributed by atoms with E-state index in [1.165, 1.54) is 17.4 Å². The number of benzene rings is 2. The molecule has 0 bridgehead atoms. The average molecular weight is 374 g/mol. The Kier molecular flexibility index (Phi) is 7.21. The van der Waals surface area contributed by atoms with Gasteiger partial charge in [0.25, 0.3) is 0 Å². The largest absolute Gasteiger partial charge is 0.356 e. The van der Waals surface area contributed by atoms with Gasteiger partial charge in [-0.1, -0.05) is 43.3 Å². The van der Waals surface area contributed by atoms with E-state index in [1.54, 1.807) is 19.2 Å². The molecule has 2 aromatic carbocycles. The highest BCUT2D eigenvalue weighted by atomic mass is 32.2. The van der Waals surface area contributed by atoms with Gasteiger partial charge in [-0.05, 0) is 41.7 Å². The molecule has 2 aromatic rings. The fraction of sp³-hybridized carbons (Fsp3) is 0.350. The molecule has 140 valence electrons. The van der Waals surface area contributed by atoms with Crippen molar-refractivity contribution >= 4 is 15.8 Å². The number of hydrogen-bond donors (Lipinski definition) is 2. The molecule has 6 heteroatoms. The molecule has 0 fully saturated rings. The summed E-state index contributed by atoms with van der Waals surface area (Å²) in [5, 5.41) is 6.63. The van der Waals surface area contributed by atoms with Gasteiger partial charge in [0.1, 0.15) is 0 Å². The number of nitrogens with zero attached hydrogens (tertiary/aromatic N) is 1. The van der Waals surface area contributed by atoms with Crippen molar-refractivity contribution < 1.29 is 8.42 Å². The number of aliphatic imine (C=N–C) groups is 1. The lowest BCUT2D eigenvalue weighted by Crippen LogP contribution is -2.38. The molecule has 2 rings (SSSR count). The van der Waals surface area contributed by atoms with Gasteiger partial charge in [-0.25, -0.2) is 8.42 Å². The summed E-state index contributed by atoms with van der Waals surface area (Å²) in [4.78, 5) is 4.60. The van der Waals surface area contributed by atoms with Crippen LogP contribution in [0, 0.1) is 0 Å². The van der Waals surface area contributed by atoms with Gasteiger partial charge in [0.05, 0.1) is 4.90 Å². The van der Waals surface area contributed by atoms with Gasteiger partial charge in [-0.15, -0.1) is 0 Å². The molecular formula is C20H27N3O2S. The molecule has 0 aliphatic rings. The van der Waals surface area contributed by atoms with Gasteiger partial charge in [-0.2, -0.15) is 0 Å². The number of sulfone groups is 1. The number of rotatable bonds is 7. The number of nitrogens with one attached hydrogen (secondary N) is 2. The minimum Gasteiger partial charge on any atom is -0.356 e. The van der Waals surface area contributed by atoms with Crippen molar-refractivity contribution in [2.24, 2.45) is 4.99 Å². The molecule has 0 saturated carbocycles. The Bertz CT molecular complexity index is 844. The Morgan fingerprint density at radius 1 is 1.00 bits per heavy atom. The summed E-state index contributed by atoms with van der Waals surface area (Å²) < 4.78 is 23.0. The Morgan fingerprint density at radius 3 is 2.23 bits per heavy atom. The van der Waals surface area contributed by atoms with Gasteiger partial charge in [0.2, 0.25) is 0 Å². The van der Waals surface area contributed by atoms with E-state index in [0.717, 1.165) is 30.9 Å². The SMILES string of the molecule is CCc1ccccc1CNC(=NC)NCCc1ccc(S(C)(=O)=O)cc1. The summed E-state index contributed by atoms with van der Waals surface area (Å²) in [6.45, 7) is 3.60. The molecule has 0 aromatic heterocycles. The van der Waals surface area contributed by atoms with Crippen LogP contribution in [0.25, 0.3) is 0 Å². The fourth-order valence-corrected chi connectivity index (χ4v) is 3.33. The number of hydrogen-bond acceptors (Lipinski definition) is 3. The van der Waals surface area contributed by atoms with Crippen LogP contribution in [0.5, 0.6) is 0 Å². The minimum atomic E-state index is -3.14. The average Bonchev–Trinajstić information content (AvgIpc) is 2.64. The van der Waals surface area contributed by atoms with Gasteiger partial charge in [-0.3, -0.25) is 4.99 Å². The molecule has 0 aliphatic carbocycles. The van der Waals surface area contributed by atoms with Crippen LogP contribution in [-0.2, 0) is 29.2 Å². The lowest BCUT2D eigenvalue weighted by atomic mass is 10.1. The monoisotopic (exact) mass is 373 g/mol. The van der Waals surface area contributed by atoms with Crippen LogP contribution in [-0.4, -0.2) is 34.2 Å². The second-order valence-electron chi connectivity index (χ2n) is 6.14. The Balaban J connectivity index is 1.84. The maximum Gasteiger partial charge on any atom is 0.191 e. The summed E-state index contributed by atoms with van der Waals surface area (Å²) in [6.07, 6.45) is 3.01. The lowest BCUT2D eigenvalue weighted by molar-refractivity contribution is 0.602. The van der Waals surface area contributed by atoms with Crippen LogP contribution < -0.4 is 10.6 Å². The molecule has 5 nitrogen and oxygen atoms in total. The highest BCUT2D eigenvalue weighted by Crippen LogP contribution is 2.11. The van der Waals surface area contributed by atoms with Gasteiger partial charge in [0.15, 0.2) is 15.8 Å². The molecule has 0 atom stereocenters. The smallest absolute Gasteiger partial charge is 0.191 e. The Hall–Kier alpha value is -2.34. The van der Waals surface area contributed by atoms with E-state index in [0.29, 0.717) is 11.4 Å². The molecule has 0 aliphatic heterocycles. The van der Waals surface area contributed by atoms with Crippen LogP contribution in [0.4, 0.5) is 0 Å². The quantitative estimate of drug-likeness (QED) is 0.578. The molecule has 26 heavy (non-hydrogen) atoms. The summed E-state index contributed by atoms with van der Waals surface area (Å²) in [5.41, 5.74) is 3.69. The molecule has 0 heterocycles. The van der Waals surface area contributed by atoms with Crippen LogP contribution in [0.1, 0.15) is 23.6 Å². The first-order valence-electron chi connectivity index (χ1n) is 8.74. The van der Waals surface area contributed by atoms with Crippen molar-refractivity contribution in [3.63, 3.8) is 0 Å². The molecule has 0 amide bonds. The molecule has 0 radical (unpaired) electrons. The van der Waals surface area contributed by atoms with E-state index in [4.69, 9.17) is 0 Å². The summed E-state index contributed by atoms with van der Waals surface area (Å²) >= 11 is 0. The van der Waals surface area contributed by atoms with Crippen molar-refractivity contribution in [2.45, 2.75) is 31.2 Å². The van der Waals surface area contributed by atoms with E-state index in [-0.39, 0.29) is 0 Å². The lowest BCUT2D eigenvalue weighted by Gasteiger charge is -2.14. The first-order valence-corrected chi connectivity index (χ1v) is 10.6. The molecule has 0 unspecified atom stereocenters. The molecular weight excluding hydrogens is 346 g/mol. The van der Waals surface area contributed by atoms with Gasteiger partial charge >= 0.3 is 0 Å². The maximum absolute atomic E-state index is 11.5. The zero-order chi connectivity index (χ0) is 19.0. The van der Waals surface area contributed by atoms with Crippen LogP contribution in [0.3, 0.4) is 0 Å². The zero-order valence-corrected chi connectivity index (χ0v) is 16.4. The second kappa shape index (κ2) is 9.38. The van der Waals surface area contributed by atoms with Gasteiger partial charge in [0, 0.05) is 26.4 Å². The van der Waals surface area contributed by atoms with Crippen LogP contribution >= 0.6 is 0 Å². The van der Waals surface area contributed by atoms with E-state index in [2.05, 4.69) is 40.7 Å². The standard InChI is InChI=1S/C20H27N3O2S/c1-4-17-7-5-6-8-18(17)15-23-20(21-2)22-14-13-16-9-11-19(12-10-16)26(3,24)25/h5-12H,4,13-15H2,1-3H3,(H2,21,22,23). The molecule has 0 spiro atoms. The van der Waals surface area contributed by atoms with Gasteiger partial charge < -0.3 is 10.6 Å². The Morgan fingerprint density at radius 2 is 1.65 bits per heavy atom. The Labute approximate surface area is 156 Å². The van der Waals surface area contributed by atoms with Crippen molar-refractivity contribution in [3.8, 4) is 0 Å². The second-order valence-corrected chi connectivity index (χ2v) is 8.16. The summed E-state index contributed by atoms with van der Waals surface area (Å²) in [6, 6.07) is 15.4. The number of aryl methyl sites for hydroxylation is 1. The van der Waals surface area contributed by atoms with E-state index in [9.17, 15) is 8.42 Å². The number of guanidine groups is 1. The van der Waals surface area contributed by atoms with Crippen molar-refractivity contribution in [1.29, 1.82) is 0 Å². The topological polar surface area (TPSA) is 70.6 Å². The van der Waals surface area contributed by atoms with Crippen LogP contribution in [0.15, 0.2) is 58.4 Å². The summed E-state index contributed by atoms with van der Waals surface area (Å²) in [5.74, 6) is 0.753. The molecule has 0 saturated heterocycles. The predicted octanol–water partition coefficient (Wildman–Crippen LogP) is 2.56. The minimum absolute atomic E-state index is 0.348. The highest BCUT2D eigenvalue weighted by Gasteiger charge is 2.06. The molecule has 2 N–H and O–H groups in total. The van der Waals surface area contributed by atoms with Crippen molar-refractivity contribution in [2.75, 3.05) is 19.8 Å². The van der Waals surface area contributed by atoms with E-state index >= 15 is 0 Å². The maximum atomic E-state index is 11.5. The first kappa shape index (κ1) is 20.0. The van der Waals surface area contributed by atoms with E-state index < -0.39 is 9.84 Å². The highest BCUT2D eigenvalue weighted by molar-refractivity contribution is 7.90. The van der Waals surface area contributed by atoms with Crippen molar-refractivity contribution in [1.82, 2.24) is 10.6 Å². The fourth-order valence-electron chi connectivity index (χ4n) is 2.70.